The minimum Gasteiger partial charge on any atom is -0.494 e. The lowest BCUT2D eigenvalue weighted by Crippen LogP contribution is -2.53. The Morgan fingerprint density at radius 3 is 2.19 bits per heavy atom. The molecule has 0 radical (unpaired) electrons. The Kier molecular flexibility index (Phi) is 9.24. The van der Waals surface area contributed by atoms with Crippen molar-refractivity contribution in [2.24, 2.45) is 0 Å². The molecule has 0 aromatic heterocycles. The molecule has 4 rings (SSSR count). The van der Waals surface area contributed by atoms with E-state index in [0.717, 1.165) is 23.5 Å². The standard InChI is InChI=1S/C30H34F6N2O5/c1-4-8-21-22-18-43-28(29(31,32)33,30(34,35)36)23(22)13-14-24(21)42-17-7-6-15-38-25(39)27(3,37-26(38)40)19-9-11-20(12-10-19)41-16-5-2/h9-14H,4-8,15-18H2,1-3H3,(H,37,40). The fourth-order valence-corrected chi connectivity index (χ4v) is 5.47. The van der Waals surface area contributed by atoms with E-state index < -0.39 is 47.6 Å². The van der Waals surface area contributed by atoms with Crippen LogP contribution in [-0.4, -0.2) is 48.9 Å². The van der Waals surface area contributed by atoms with Gasteiger partial charge >= 0.3 is 18.4 Å². The number of carbonyl (C=O) groups excluding carboxylic acids is 2. The van der Waals surface area contributed by atoms with Gasteiger partial charge < -0.3 is 19.5 Å². The van der Waals surface area contributed by atoms with Crippen LogP contribution in [0.2, 0.25) is 0 Å². The van der Waals surface area contributed by atoms with Crippen LogP contribution in [0.1, 0.15) is 68.7 Å². The zero-order valence-electron chi connectivity index (χ0n) is 24.1. The maximum absolute atomic E-state index is 13.7. The summed E-state index contributed by atoms with van der Waals surface area (Å²) in [7, 11) is 0. The SMILES string of the molecule is CCCOc1ccc(C2(C)NC(=O)N(CCCCOc3ccc4c(c3CCC)COC4(C(F)(F)F)C(F)(F)F)C2=O)cc1. The van der Waals surface area contributed by atoms with Crippen LogP contribution in [0.15, 0.2) is 36.4 Å². The normalized spacial score (nSPS) is 19.9. The van der Waals surface area contributed by atoms with Crippen molar-refractivity contribution in [3.63, 3.8) is 0 Å². The van der Waals surface area contributed by atoms with E-state index in [1.165, 1.54) is 0 Å². The lowest BCUT2D eigenvalue weighted by atomic mass is 9.87. The highest BCUT2D eigenvalue weighted by molar-refractivity contribution is 6.07. The largest absolute Gasteiger partial charge is 0.494 e. The molecular weight excluding hydrogens is 582 g/mol. The number of carbonyl (C=O) groups is 2. The number of ether oxygens (including phenoxy) is 3. The van der Waals surface area contributed by atoms with Crippen LogP contribution in [0.25, 0.3) is 0 Å². The zero-order valence-corrected chi connectivity index (χ0v) is 24.1. The Hall–Kier alpha value is -3.48. The van der Waals surface area contributed by atoms with Crippen molar-refractivity contribution in [2.75, 3.05) is 19.8 Å². The number of nitrogens with zero attached hydrogens (tertiary/aromatic N) is 1. The summed E-state index contributed by atoms with van der Waals surface area (Å²) in [5.41, 5.74) is -5.93. The Bertz CT molecular complexity index is 1310. The lowest BCUT2D eigenvalue weighted by molar-refractivity contribution is -0.385. The Morgan fingerprint density at radius 2 is 1.58 bits per heavy atom. The molecule has 0 bridgehead atoms. The van der Waals surface area contributed by atoms with Crippen molar-refractivity contribution in [2.45, 2.75) is 83.0 Å². The van der Waals surface area contributed by atoms with Crippen LogP contribution in [0.3, 0.4) is 0 Å². The fraction of sp³-hybridized carbons (Fsp3) is 0.533. The van der Waals surface area contributed by atoms with Crippen molar-refractivity contribution in [1.82, 2.24) is 10.2 Å². The predicted octanol–water partition coefficient (Wildman–Crippen LogP) is 6.90. The Labute approximate surface area is 245 Å². The first-order valence-electron chi connectivity index (χ1n) is 14.1. The Morgan fingerprint density at radius 1 is 0.907 bits per heavy atom. The number of hydrogen-bond donors (Lipinski definition) is 1. The summed E-state index contributed by atoms with van der Waals surface area (Å²) in [5, 5.41) is 2.74. The van der Waals surface area contributed by atoms with Gasteiger partial charge in [0.05, 0.1) is 19.8 Å². The third-order valence-electron chi connectivity index (χ3n) is 7.71. The summed E-state index contributed by atoms with van der Waals surface area (Å²) in [4.78, 5) is 27.0. The number of hydrogen-bond acceptors (Lipinski definition) is 5. The summed E-state index contributed by atoms with van der Waals surface area (Å²) in [6, 6.07) is 8.27. The van der Waals surface area contributed by atoms with Gasteiger partial charge in [0.15, 0.2) is 0 Å². The number of nitrogens with one attached hydrogen (secondary N) is 1. The van der Waals surface area contributed by atoms with E-state index in [-0.39, 0.29) is 36.4 Å². The van der Waals surface area contributed by atoms with Crippen LogP contribution >= 0.6 is 0 Å². The lowest BCUT2D eigenvalue weighted by Gasteiger charge is -2.33. The van der Waals surface area contributed by atoms with Crippen LogP contribution in [-0.2, 0) is 33.7 Å². The van der Waals surface area contributed by atoms with Gasteiger partial charge in [0, 0.05) is 17.7 Å². The van der Waals surface area contributed by atoms with Crippen molar-refractivity contribution in [1.29, 1.82) is 0 Å². The Balaban J connectivity index is 1.39. The zero-order chi connectivity index (χ0) is 31.6. The fourth-order valence-electron chi connectivity index (χ4n) is 5.47. The van der Waals surface area contributed by atoms with Gasteiger partial charge in [-0.05, 0) is 61.9 Å². The smallest absolute Gasteiger partial charge is 0.430 e. The second-order valence-corrected chi connectivity index (χ2v) is 10.7. The van der Waals surface area contributed by atoms with Gasteiger partial charge in [-0.25, -0.2) is 4.79 Å². The van der Waals surface area contributed by atoms with Gasteiger partial charge in [0.25, 0.3) is 11.5 Å². The molecule has 2 heterocycles. The second-order valence-electron chi connectivity index (χ2n) is 10.7. The van der Waals surface area contributed by atoms with Crippen molar-refractivity contribution >= 4 is 11.9 Å². The third kappa shape index (κ3) is 5.87. The van der Waals surface area contributed by atoms with Gasteiger partial charge in [-0.1, -0.05) is 38.5 Å². The van der Waals surface area contributed by atoms with Gasteiger partial charge in [0.1, 0.15) is 17.0 Å². The van der Waals surface area contributed by atoms with E-state index in [2.05, 4.69) is 10.1 Å². The van der Waals surface area contributed by atoms with E-state index in [0.29, 0.717) is 37.2 Å². The molecule has 236 valence electrons. The quantitative estimate of drug-likeness (QED) is 0.160. The van der Waals surface area contributed by atoms with Gasteiger partial charge in [-0.15, -0.1) is 0 Å². The third-order valence-corrected chi connectivity index (χ3v) is 7.71. The number of imide groups is 1. The van der Waals surface area contributed by atoms with E-state index in [1.807, 2.05) is 6.92 Å². The molecule has 1 fully saturated rings. The molecule has 2 aliphatic rings. The molecule has 1 N–H and O–H groups in total. The second kappa shape index (κ2) is 12.3. The molecule has 13 heteroatoms. The summed E-state index contributed by atoms with van der Waals surface area (Å²) in [6.45, 7) is 5.24. The molecule has 2 aliphatic heterocycles. The minimum absolute atomic E-state index is 0.0696. The summed E-state index contributed by atoms with van der Waals surface area (Å²) in [6.07, 6.45) is -9.18. The maximum Gasteiger partial charge on any atom is 0.430 e. The number of urea groups is 1. The number of halogens is 6. The molecule has 1 saturated heterocycles. The number of amides is 3. The number of fused-ring (bicyclic) bond motifs is 1. The van der Waals surface area contributed by atoms with Crippen molar-refractivity contribution < 1.29 is 50.1 Å². The van der Waals surface area contributed by atoms with Crippen molar-refractivity contribution in [3.8, 4) is 11.5 Å². The molecule has 2 aromatic rings. The highest BCUT2D eigenvalue weighted by Gasteiger charge is 2.75. The summed E-state index contributed by atoms with van der Waals surface area (Å²) in [5.74, 6) is 0.418. The van der Waals surface area contributed by atoms with Gasteiger partial charge in [0.2, 0.25) is 0 Å². The molecule has 1 atom stereocenters. The van der Waals surface area contributed by atoms with E-state index >= 15 is 0 Å². The first-order chi connectivity index (χ1) is 20.2. The van der Waals surface area contributed by atoms with Crippen molar-refractivity contribution in [3.05, 3.63) is 58.7 Å². The first-order valence-corrected chi connectivity index (χ1v) is 14.1. The first kappa shape index (κ1) is 32.4. The van der Waals surface area contributed by atoms with Crippen LogP contribution in [0.5, 0.6) is 11.5 Å². The van der Waals surface area contributed by atoms with Gasteiger partial charge in [-0.2, -0.15) is 26.3 Å². The average Bonchev–Trinajstić information content (AvgIpc) is 3.45. The maximum atomic E-state index is 13.7. The molecule has 7 nitrogen and oxygen atoms in total. The highest BCUT2D eigenvalue weighted by Crippen LogP contribution is 2.58. The molecule has 0 spiro atoms. The molecule has 43 heavy (non-hydrogen) atoms. The predicted molar refractivity (Wildman–Crippen MR) is 144 cm³/mol. The van der Waals surface area contributed by atoms with Crippen LogP contribution in [0, 0.1) is 0 Å². The van der Waals surface area contributed by atoms with E-state index in [4.69, 9.17) is 9.47 Å². The average molecular weight is 617 g/mol. The molecule has 2 aromatic carbocycles. The number of alkyl halides is 6. The van der Waals surface area contributed by atoms with Gasteiger partial charge in [-0.3, -0.25) is 9.69 Å². The highest BCUT2D eigenvalue weighted by atomic mass is 19.4. The topological polar surface area (TPSA) is 77.1 Å². The van der Waals surface area contributed by atoms with Crippen LogP contribution in [0.4, 0.5) is 31.1 Å². The van der Waals surface area contributed by atoms with Crippen LogP contribution < -0.4 is 14.8 Å². The number of rotatable bonds is 12. The molecule has 1 unspecified atom stereocenters. The molecule has 3 amide bonds. The summed E-state index contributed by atoms with van der Waals surface area (Å²) < 4.78 is 98.3. The monoisotopic (exact) mass is 616 g/mol. The number of benzene rings is 2. The molecule has 0 saturated carbocycles. The molecule has 0 aliphatic carbocycles. The molecular formula is C30H34F6N2O5. The minimum atomic E-state index is -5.70. The van der Waals surface area contributed by atoms with E-state index in [1.54, 1.807) is 38.1 Å². The van der Waals surface area contributed by atoms with E-state index in [9.17, 15) is 35.9 Å². The summed E-state index contributed by atoms with van der Waals surface area (Å²) >= 11 is 0. The number of unbranched alkanes of at least 4 members (excludes halogenated alkanes) is 1.